The van der Waals surface area contributed by atoms with Crippen LogP contribution >= 0.6 is 0 Å². The summed E-state index contributed by atoms with van der Waals surface area (Å²) in [4.78, 5) is 35.9. The second-order valence-electron chi connectivity index (χ2n) is 7.93. The Hall–Kier alpha value is -3.22. The molecule has 0 spiro atoms. The van der Waals surface area contributed by atoms with Crippen LogP contribution in [0.15, 0.2) is 48.7 Å². The van der Waals surface area contributed by atoms with Gasteiger partial charge < -0.3 is 14.8 Å². The van der Waals surface area contributed by atoms with E-state index in [1.165, 1.54) is 12.8 Å². The Balaban J connectivity index is 1.41. The predicted molar refractivity (Wildman–Crippen MR) is 120 cm³/mol. The topological polar surface area (TPSA) is 80.1 Å². The first-order chi connectivity index (χ1) is 15.2. The zero-order valence-corrected chi connectivity index (χ0v) is 17.8. The zero-order valence-electron chi connectivity index (χ0n) is 17.8. The number of aromatic nitrogens is 3. The fraction of sp³-hybridized carbons (Fsp3) is 0.417. The van der Waals surface area contributed by atoms with Crippen LogP contribution in [0.2, 0.25) is 0 Å². The van der Waals surface area contributed by atoms with Gasteiger partial charge >= 0.3 is 0 Å². The Bertz CT molecular complexity index is 1020. The zero-order chi connectivity index (χ0) is 21.5. The minimum atomic E-state index is -0.195. The molecule has 0 atom stereocenters. The molecule has 4 rings (SSSR count). The van der Waals surface area contributed by atoms with E-state index >= 15 is 0 Å². The molecule has 31 heavy (non-hydrogen) atoms. The van der Waals surface area contributed by atoms with E-state index in [4.69, 9.17) is 4.98 Å². The van der Waals surface area contributed by atoms with Crippen molar-refractivity contribution in [2.45, 2.75) is 45.1 Å². The lowest BCUT2D eigenvalue weighted by atomic mass is 10.2. The van der Waals surface area contributed by atoms with E-state index < -0.39 is 0 Å². The molecule has 7 nitrogen and oxygen atoms in total. The number of rotatable bonds is 7. The summed E-state index contributed by atoms with van der Waals surface area (Å²) in [5, 5.41) is 2.91. The summed E-state index contributed by atoms with van der Waals surface area (Å²) in [6.45, 7) is 2.80. The van der Waals surface area contributed by atoms with Gasteiger partial charge in [0.15, 0.2) is 0 Å². The van der Waals surface area contributed by atoms with Crippen LogP contribution in [-0.4, -0.2) is 50.9 Å². The van der Waals surface area contributed by atoms with Gasteiger partial charge in [-0.2, -0.15) is 0 Å². The van der Waals surface area contributed by atoms with E-state index in [1.54, 1.807) is 24.4 Å². The molecule has 0 aliphatic carbocycles. The summed E-state index contributed by atoms with van der Waals surface area (Å²) < 4.78 is 2.12. The fourth-order valence-electron chi connectivity index (χ4n) is 4.13. The highest BCUT2D eigenvalue weighted by molar-refractivity contribution is 5.92. The molecule has 1 aliphatic heterocycles. The molecular weight excluding hydrogens is 390 g/mol. The Kier molecular flexibility index (Phi) is 6.92. The highest BCUT2D eigenvalue weighted by atomic mass is 16.2. The number of benzene rings is 1. The first-order valence-corrected chi connectivity index (χ1v) is 11.1. The van der Waals surface area contributed by atoms with Gasteiger partial charge in [-0.25, -0.2) is 4.98 Å². The van der Waals surface area contributed by atoms with Crippen LogP contribution < -0.4 is 5.32 Å². The average Bonchev–Trinajstić information content (AvgIpc) is 2.96. The van der Waals surface area contributed by atoms with Crippen molar-refractivity contribution in [2.75, 3.05) is 19.6 Å². The molecule has 3 aromatic rings. The molecule has 1 N–H and O–H groups in total. The van der Waals surface area contributed by atoms with Crippen molar-refractivity contribution >= 4 is 22.8 Å². The van der Waals surface area contributed by atoms with Gasteiger partial charge in [-0.1, -0.05) is 31.0 Å². The summed E-state index contributed by atoms with van der Waals surface area (Å²) in [6, 6.07) is 13.2. The number of pyridine rings is 1. The van der Waals surface area contributed by atoms with Crippen LogP contribution in [0.1, 0.15) is 48.4 Å². The Morgan fingerprint density at radius 1 is 0.968 bits per heavy atom. The van der Waals surface area contributed by atoms with E-state index in [-0.39, 0.29) is 11.8 Å². The number of nitrogens with zero attached hydrogens (tertiary/aromatic N) is 4. The smallest absolute Gasteiger partial charge is 0.269 e. The molecule has 0 unspecified atom stereocenters. The molecular formula is C24H29N5O2. The third-order valence-electron chi connectivity index (χ3n) is 5.77. The lowest BCUT2D eigenvalue weighted by Gasteiger charge is -2.20. The van der Waals surface area contributed by atoms with Crippen LogP contribution in [0.4, 0.5) is 0 Å². The van der Waals surface area contributed by atoms with Gasteiger partial charge in [0, 0.05) is 45.2 Å². The fourth-order valence-corrected chi connectivity index (χ4v) is 4.13. The molecule has 0 bridgehead atoms. The number of imidazole rings is 1. The maximum Gasteiger partial charge on any atom is 0.269 e. The number of nitrogens with one attached hydrogen (secondary N) is 1. The Morgan fingerprint density at radius 3 is 2.52 bits per heavy atom. The van der Waals surface area contributed by atoms with Gasteiger partial charge in [-0.15, -0.1) is 0 Å². The second kappa shape index (κ2) is 10.2. The Morgan fingerprint density at radius 2 is 1.74 bits per heavy atom. The van der Waals surface area contributed by atoms with Crippen LogP contribution in [0.5, 0.6) is 0 Å². The van der Waals surface area contributed by atoms with Crippen LogP contribution in [0, 0.1) is 0 Å². The van der Waals surface area contributed by atoms with E-state index in [2.05, 4.69) is 14.9 Å². The number of hydrogen-bond donors (Lipinski definition) is 1. The summed E-state index contributed by atoms with van der Waals surface area (Å²) in [6.07, 6.45) is 7.28. The number of carbonyl (C=O) groups excluding carboxylic acids is 2. The van der Waals surface area contributed by atoms with Gasteiger partial charge in [0.1, 0.15) is 11.5 Å². The van der Waals surface area contributed by atoms with Crippen molar-refractivity contribution in [3.05, 3.63) is 60.2 Å². The van der Waals surface area contributed by atoms with E-state index in [1.807, 2.05) is 29.2 Å². The molecule has 1 fully saturated rings. The van der Waals surface area contributed by atoms with Gasteiger partial charge in [-0.05, 0) is 37.1 Å². The number of fused-ring (bicyclic) bond motifs is 1. The van der Waals surface area contributed by atoms with Crippen molar-refractivity contribution in [1.29, 1.82) is 0 Å². The second-order valence-corrected chi connectivity index (χ2v) is 7.93. The highest BCUT2D eigenvalue weighted by Crippen LogP contribution is 2.18. The molecule has 3 heterocycles. The normalized spacial score (nSPS) is 14.4. The van der Waals surface area contributed by atoms with Crippen molar-refractivity contribution in [2.24, 2.45) is 0 Å². The van der Waals surface area contributed by atoms with Crippen LogP contribution in [0.25, 0.3) is 11.0 Å². The first-order valence-electron chi connectivity index (χ1n) is 11.1. The lowest BCUT2D eigenvalue weighted by Crippen LogP contribution is -2.32. The maximum absolute atomic E-state index is 12.8. The molecule has 1 saturated heterocycles. The molecule has 1 aliphatic rings. The van der Waals surface area contributed by atoms with Gasteiger partial charge in [0.05, 0.1) is 11.0 Å². The average molecular weight is 420 g/mol. The third-order valence-corrected chi connectivity index (χ3v) is 5.77. The standard InChI is InChI=1S/C24H29N5O2/c30-23(28-16-7-1-2-8-17-28)13-18-29-21-11-4-3-9-19(21)27-22(29)12-15-26-24(31)20-10-5-6-14-25-20/h3-6,9-11,14H,1-2,7-8,12-13,15-18H2,(H,26,31). The number of likely N-dealkylation sites (tertiary alicyclic amines) is 1. The predicted octanol–water partition coefficient (Wildman–Crippen LogP) is 3.20. The Labute approximate surface area is 182 Å². The van der Waals surface area contributed by atoms with Crippen molar-refractivity contribution in [3.63, 3.8) is 0 Å². The van der Waals surface area contributed by atoms with Crippen molar-refractivity contribution < 1.29 is 9.59 Å². The summed E-state index contributed by atoms with van der Waals surface area (Å²) in [7, 11) is 0. The molecule has 162 valence electrons. The molecule has 2 amide bonds. The first kappa shape index (κ1) is 21.0. The summed E-state index contributed by atoms with van der Waals surface area (Å²) in [5.41, 5.74) is 2.34. The quantitative estimate of drug-likeness (QED) is 0.638. The minimum absolute atomic E-state index is 0.195. The van der Waals surface area contributed by atoms with Crippen molar-refractivity contribution in [1.82, 2.24) is 24.8 Å². The summed E-state index contributed by atoms with van der Waals surface area (Å²) in [5.74, 6) is 0.903. The van der Waals surface area contributed by atoms with Crippen molar-refractivity contribution in [3.8, 4) is 0 Å². The molecule has 0 saturated carbocycles. The molecule has 7 heteroatoms. The van der Waals surface area contributed by atoms with Gasteiger partial charge in [-0.3, -0.25) is 14.6 Å². The van der Waals surface area contributed by atoms with E-state index in [0.717, 1.165) is 42.8 Å². The number of para-hydroxylation sites is 2. The number of amides is 2. The molecule has 0 radical (unpaired) electrons. The number of hydrogen-bond acceptors (Lipinski definition) is 4. The van der Waals surface area contributed by atoms with Crippen LogP contribution in [-0.2, 0) is 17.8 Å². The monoisotopic (exact) mass is 419 g/mol. The number of carbonyl (C=O) groups is 2. The van der Waals surface area contributed by atoms with E-state index in [9.17, 15) is 9.59 Å². The highest BCUT2D eigenvalue weighted by Gasteiger charge is 2.17. The molecule has 1 aromatic carbocycles. The SMILES string of the molecule is O=C(NCCc1nc2ccccc2n1CCC(=O)N1CCCCCC1)c1ccccn1. The largest absolute Gasteiger partial charge is 0.350 e. The third kappa shape index (κ3) is 5.29. The lowest BCUT2D eigenvalue weighted by molar-refractivity contribution is -0.131. The van der Waals surface area contributed by atoms with Gasteiger partial charge in [0.25, 0.3) is 5.91 Å². The summed E-state index contributed by atoms with van der Waals surface area (Å²) >= 11 is 0. The molecule has 2 aromatic heterocycles. The number of aryl methyl sites for hydroxylation is 1. The minimum Gasteiger partial charge on any atom is -0.350 e. The maximum atomic E-state index is 12.8. The van der Waals surface area contributed by atoms with E-state index in [0.29, 0.717) is 31.6 Å². The van der Waals surface area contributed by atoms with Gasteiger partial charge in [0.2, 0.25) is 5.91 Å². The van der Waals surface area contributed by atoms with Crippen LogP contribution in [0.3, 0.4) is 0 Å².